The monoisotopic (exact) mass is 475 g/mol. The van der Waals surface area contributed by atoms with E-state index in [2.05, 4.69) is 16.0 Å². The lowest BCUT2D eigenvalue weighted by atomic mass is 9.96. The molecule has 0 radical (unpaired) electrons. The summed E-state index contributed by atoms with van der Waals surface area (Å²) < 4.78 is 0. The standard InChI is InChI=1S/C20H37N5O8/c1-4-10(2)15(24-17(29)12(22)9-14(27)28)19(31)23-13(7-5-6-8-21)18(30)25-16(11(3)26)20(32)33/h10-13,15-16,26H,4-9,21-22H2,1-3H3,(H,23,31)(H,24,29)(H,25,30)(H,27,28)(H,32,33). The minimum absolute atomic E-state index is 0.140. The molecule has 33 heavy (non-hydrogen) atoms. The van der Waals surface area contributed by atoms with Gasteiger partial charge in [-0.2, -0.15) is 0 Å². The molecule has 0 rings (SSSR count). The Kier molecular flexibility index (Phi) is 13.9. The summed E-state index contributed by atoms with van der Waals surface area (Å²) in [5, 5.41) is 34.8. The van der Waals surface area contributed by atoms with E-state index in [4.69, 9.17) is 16.6 Å². The molecular weight excluding hydrogens is 438 g/mol. The van der Waals surface area contributed by atoms with Gasteiger partial charge in [0.2, 0.25) is 17.7 Å². The van der Waals surface area contributed by atoms with Gasteiger partial charge in [0.05, 0.1) is 18.6 Å². The topological polar surface area (TPSA) is 234 Å². The number of aliphatic hydroxyl groups excluding tert-OH is 1. The SMILES string of the molecule is CCC(C)C(NC(=O)C(N)CC(=O)O)C(=O)NC(CCCCN)C(=O)NC(C(=O)O)C(C)O. The van der Waals surface area contributed by atoms with Crippen molar-refractivity contribution in [3.8, 4) is 0 Å². The maximum Gasteiger partial charge on any atom is 0.328 e. The molecule has 0 aromatic rings. The van der Waals surface area contributed by atoms with Gasteiger partial charge in [-0.25, -0.2) is 4.79 Å². The molecule has 0 aliphatic heterocycles. The van der Waals surface area contributed by atoms with Crippen molar-refractivity contribution >= 4 is 29.7 Å². The van der Waals surface area contributed by atoms with E-state index < -0.39 is 66.4 Å². The van der Waals surface area contributed by atoms with Crippen molar-refractivity contribution in [2.75, 3.05) is 6.54 Å². The fourth-order valence-corrected chi connectivity index (χ4v) is 2.91. The lowest BCUT2D eigenvalue weighted by Gasteiger charge is -2.28. The van der Waals surface area contributed by atoms with Crippen molar-refractivity contribution in [1.29, 1.82) is 0 Å². The molecule has 13 nitrogen and oxygen atoms in total. The first-order valence-corrected chi connectivity index (χ1v) is 10.8. The summed E-state index contributed by atoms with van der Waals surface area (Å²) in [6, 6.07) is -5.21. The summed E-state index contributed by atoms with van der Waals surface area (Å²) in [5.74, 6) is -5.46. The van der Waals surface area contributed by atoms with Gasteiger partial charge in [0.1, 0.15) is 12.1 Å². The van der Waals surface area contributed by atoms with Crippen molar-refractivity contribution in [2.45, 2.75) is 83.1 Å². The Morgan fingerprint density at radius 3 is 1.91 bits per heavy atom. The number of hydrogen-bond donors (Lipinski definition) is 8. The average Bonchev–Trinajstić information content (AvgIpc) is 2.72. The second-order valence-electron chi connectivity index (χ2n) is 7.99. The zero-order valence-corrected chi connectivity index (χ0v) is 19.2. The molecule has 0 aliphatic rings. The number of carboxylic acids is 2. The Morgan fingerprint density at radius 2 is 1.45 bits per heavy atom. The Labute approximate surface area is 192 Å². The lowest BCUT2D eigenvalue weighted by Crippen LogP contribution is -2.59. The Bertz CT molecular complexity index is 687. The van der Waals surface area contributed by atoms with E-state index in [9.17, 15) is 34.2 Å². The number of hydrogen-bond acceptors (Lipinski definition) is 8. The van der Waals surface area contributed by atoms with Crippen LogP contribution in [0.2, 0.25) is 0 Å². The predicted molar refractivity (Wildman–Crippen MR) is 118 cm³/mol. The average molecular weight is 476 g/mol. The van der Waals surface area contributed by atoms with Gasteiger partial charge in [-0.15, -0.1) is 0 Å². The molecule has 0 aromatic carbocycles. The van der Waals surface area contributed by atoms with Crippen LogP contribution in [-0.4, -0.2) is 81.8 Å². The number of carboxylic acid groups (broad SMARTS) is 2. The van der Waals surface area contributed by atoms with E-state index in [0.717, 1.165) is 0 Å². The summed E-state index contributed by atoms with van der Waals surface area (Å²) in [6.07, 6.45) is -0.394. The third-order valence-corrected chi connectivity index (χ3v) is 5.15. The van der Waals surface area contributed by atoms with Crippen LogP contribution in [0.4, 0.5) is 0 Å². The summed E-state index contributed by atoms with van der Waals surface area (Å²) in [4.78, 5) is 60.0. The van der Waals surface area contributed by atoms with Crippen molar-refractivity contribution < 1.29 is 39.3 Å². The van der Waals surface area contributed by atoms with Crippen LogP contribution >= 0.6 is 0 Å². The number of rotatable bonds is 16. The second-order valence-corrected chi connectivity index (χ2v) is 7.99. The molecule has 0 fully saturated rings. The van der Waals surface area contributed by atoms with E-state index in [1.54, 1.807) is 13.8 Å². The number of aliphatic carboxylic acids is 2. The summed E-state index contributed by atoms with van der Waals surface area (Å²) in [5.41, 5.74) is 11.0. The normalized spacial score (nSPS) is 16.4. The zero-order chi connectivity index (χ0) is 25.7. The van der Waals surface area contributed by atoms with Crippen LogP contribution in [0.25, 0.3) is 0 Å². The summed E-state index contributed by atoms with van der Waals surface area (Å²) in [6.45, 7) is 5.01. The van der Waals surface area contributed by atoms with Gasteiger partial charge in [0, 0.05) is 0 Å². The molecule has 0 aliphatic carbocycles. The molecule has 0 saturated carbocycles. The molecule has 0 heterocycles. The summed E-state index contributed by atoms with van der Waals surface area (Å²) in [7, 11) is 0. The number of nitrogens with two attached hydrogens (primary N) is 2. The molecule has 190 valence electrons. The Hall–Kier alpha value is -2.77. The number of unbranched alkanes of at least 4 members (excludes halogenated alkanes) is 1. The van der Waals surface area contributed by atoms with Gasteiger partial charge in [-0.3, -0.25) is 19.2 Å². The Morgan fingerprint density at radius 1 is 0.879 bits per heavy atom. The van der Waals surface area contributed by atoms with E-state index in [-0.39, 0.29) is 12.3 Å². The van der Waals surface area contributed by atoms with Crippen LogP contribution in [0.3, 0.4) is 0 Å². The van der Waals surface area contributed by atoms with Gasteiger partial charge >= 0.3 is 11.9 Å². The third kappa shape index (κ3) is 11.1. The van der Waals surface area contributed by atoms with E-state index in [1.807, 2.05) is 0 Å². The molecule has 0 spiro atoms. The highest BCUT2D eigenvalue weighted by Crippen LogP contribution is 2.11. The van der Waals surface area contributed by atoms with Gasteiger partial charge in [-0.1, -0.05) is 20.3 Å². The molecule has 3 amide bonds. The van der Waals surface area contributed by atoms with Crippen LogP contribution in [0.15, 0.2) is 0 Å². The maximum atomic E-state index is 13.0. The van der Waals surface area contributed by atoms with Crippen molar-refractivity contribution in [1.82, 2.24) is 16.0 Å². The zero-order valence-electron chi connectivity index (χ0n) is 19.2. The molecule has 6 unspecified atom stereocenters. The quantitative estimate of drug-likeness (QED) is 0.113. The molecule has 10 N–H and O–H groups in total. The summed E-state index contributed by atoms with van der Waals surface area (Å²) >= 11 is 0. The third-order valence-electron chi connectivity index (χ3n) is 5.15. The molecule has 0 aromatic heterocycles. The number of nitrogens with one attached hydrogen (secondary N) is 3. The van der Waals surface area contributed by atoms with Gasteiger partial charge in [-0.05, 0) is 38.6 Å². The van der Waals surface area contributed by atoms with E-state index in [0.29, 0.717) is 25.8 Å². The second kappa shape index (κ2) is 15.1. The molecular formula is C20H37N5O8. The molecule has 0 bridgehead atoms. The van der Waals surface area contributed by atoms with Crippen LogP contribution < -0.4 is 27.4 Å². The van der Waals surface area contributed by atoms with E-state index in [1.165, 1.54) is 6.92 Å². The van der Waals surface area contributed by atoms with Crippen LogP contribution in [0.1, 0.15) is 52.9 Å². The first-order chi connectivity index (χ1) is 15.3. The highest BCUT2D eigenvalue weighted by molar-refractivity contribution is 5.94. The number of carbonyl (C=O) groups excluding carboxylic acids is 3. The molecule has 6 atom stereocenters. The molecule has 0 saturated heterocycles. The largest absolute Gasteiger partial charge is 0.481 e. The van der Waals surface area contributed by atoms with E-state index >= 15 is 0 Å². The minimum Gasteiger partial charge on any atom is -0.481 e. The first kappa shape index (κ1) is 30.2. The van der Waals surface area contributed by atoms with Crippen molar-refractivity contribution in [3.05, 3.63) is 0 Å². The number of amides is 3. The molecule has 13 heteroatoms. The minimum atomic E-state index is -1.58. The maximum absolute atomic E-state index is 13.0. The highest BCUT2D eigenvalue weighted by atomic mass is 16.4. The first-order valence-electron chi connectivity index (χ1n) is 10.8. The Balaban J connectivity index is 5.56. The van der Waals surface area contributed by atoms with Crippen LogP contribution in [0, 0.1) is 5.92 Å². The number of carbonyl (C=O) groups is 5. The van der Waals surface area contributed by atoms with Gasteiger partial charge in [0.25, 0.3) is 0 Å². The highest BCUT2D eigenvalue weighted by Gasteiger charge is 2.33. The van der Waals surface area contributed by atoms with Crippen molar-refractivity contribution in [3.63, 3.8) is 0 Å². The number of aliphatic hydroxyl groups is 1. The van der Waals surface area contributed by atoms with Crippen LogP contribution in [-0.2, 0) is 24.0 Å². The fourth-order valence-electron chi connectivity index (χ4n) is 2.91. The van der Waals surface area contributed by atoms with Gasteiger partial charge < -0.3 is 42.7 Å². The van der Waals surface area contributed by atoms with Gasteiger partial charge in [0.15, 0.2) is 6.04 Å². The smallest absolute Gasteiger partial charge is 0.328 e. The lowest BCUT2D eigenvalue weighted by molar-refractivity contribution is -0.145. The van der Waals surface area contributed by atoms with Crippen molar-refractivity contribution in [2.24, 2.45) is 17.4 Å². The van der Waals surface area contributed by atoms with Crippen LogP contribution in [0.5, 0.6) is 0 Å². The predicted octanol–water partition coefficient (Wildman–Crippen LogP) is -2.12. The fraction of sp³-hybridized carbons (Fsp3) is 0.750.